The van der Waals surface area contributed by atoms with Gasteiger partial charge < -0.3 is 0 Å². The highest BCUT2D eigenvalue weighted by atomic mass is 32.3. The van der Waals surface area contributed by atoms with Crippen molar-refractivity contribution in [2.24, 2.45) is 0 Å². The van der Waals surface area contributed by atoms with Crippen molar-refractivity contribution in [1.29, 1.82) is 0 Å². The Balaban J connectivity index is 5.16. The van der Waals surface area contributed by atoms with Gasteiger partial charge in [-0.15, -0.1) is 16.8 Å². The maximum Gasteiger partial charge on any atom is 0.570 e. The molecule has 10 heavy (non-hydrogen) atoms. The summed E-state index contributed by atoms with van der Waals surface area (Å²) in [4.78, 5) is 0. The molecule has 0 aliphatic heterocycles. The third-order valence-corrected chi connectivity index (χ3v) is 3.57. The lowest BCUT2D eigenvalue weighted by Gasteiger charge is -1.81. The van der Waals surface area contributed by atoms with Crippen LogP contribution in [0.2, 0.25) is 0 Å². The van der Waals surface area contributed by atoms with Crippen molar-refractivity contribution in [2.75, 3.05) is 0 Å². The minimum absolute atomic E-state index is 1.21. The molecule has 0 fully saturated rings. The van der Waals surface area contributed by atoms with Crippen LogP contribution < -0.4 is 0 Å². The Hall–Kier alpha value is -0.140. The molecule has 0 spiro atoms. The molecular weight excluding hydrogens is 211 g/mol. The van der Waals surface area contributed by atoms with Gasteiger partial charge in [0.15, 0.2) is 0 Å². The van der Waals surface area contributed by atoms with Gasteiger partial charge in [0, 0.05) is 0 Å². The standard InChI is InChI=1S/F2HNO4PS2/c1-9(4,5)3(8)10(2,6)7/h8H/q+1. The quantitative estimate of drug-likeness (QED) is 0.467. The molecule has 0 aliphatic rings. The van der Waals surface area contributed by atoms with Gasteiger partial charge in [0.2, 0.25) is 9.03 Å². The first-order valence-corrected chi connectivity index (χ1v) is 4.69. The van der Waals surface area contributed by atoms with Crippen LogP contribution in [-0.4, -0.2) is 20.0 Å². The minimum atomic E-state index is -5.58. The van der Waals surface area contributed by atoms with Gasteiger partial charge in [-0.05, 0) is 7.77 Å². The largest absolute Gasteiger partial charge is 0.570 e. The first kappa shape index (κ1) is 9.86. The van der Waals surface area contributed by atoms with E-state index >= 15 is 0 Å². The highest BCUT2D eigenvalue weighted by Gasteiger charge is 2.36. The summed E-state index contributed by atoms with van der Waals surface area (Å²) in [5.74, 6) is 0. The van der Waals surface area contributed by atoms with Gasteiger partial charge in [-0.3, -0.25) is 0 Å². The Labute approximate surface area is 58.3 Å². The lowest BCUT2D eigenvalue weighted by atomic mass is 13.9. The number of nitrogens with zero attached hydrogens (tertiary/aromatic N) is 1. The van der Waals surface area contributed by atoms with Gasteiger partial charge in [-0.2, -0.15) is 0 Å². The van der Waals surface area contributed by atoms with Crippen molar-refractivity contribution in [3.05, 3.63) is 0 Å². The van der Waals surface area contributed by atoms with Crippen LogP contribution in [0.15, 0.2) is 0 Å². The molecule has 0 radical (unpaired) electrons. The normalized spacial score (nSPS) is 13.0. The first-order chi connectivity index (χ1) is 4.15. The summed E-state index contributed by atoms with van der Waals surface area (Å²) in [6, 6.07) is 0. The van der Waals surface area contributed by atoms with Crippen molar-refractivity contribution in [2.45, 2.75) is 0 Å². The lowest BCUT2D eigenvalue weighted by Crippen LogP contribution is -2.15. The van der Waals surface area contributed by atoms with Crippen LogP contribution in [0, 0.1) is 0 Å². The SMILES string of the molecule is O=S(=O)(F)[N+](=P)S(=O)(=O)F. The van der Waals surface area contributed by atoms with E-state index < -0.39 is 24.0 Å². The zero-order valence-corrected chi connectivity index (χ0v) is 6.79. The van der Waals surface area contributed by atoms with Gasteiger partial charge in [0.05, 0.1) is 3.14 Å². The molecule has 0 aliphatic carbocycles. The Morgan fingerprint density at radius 3 is 1.20 bits per heavy atom. The molecule has 60 valence electrons. The van der Waals surface area contributed by atoms with Crippen LogP contribution in [-0.2, 0) is 20.8 Å². The zero-order valence-electron chi connectivity index (χ0n) is 4.15. The van der Waals surface area contributed by atoms with E-state index in [0.717, 1.165) is 0 Å². The van der Waals surface area contributed by atoms with Crippen LogP contribution in [0.5, 0.6) is 0 Å². The fourth-order valence-corrected chi connectivity index (χ4v) is 0.957. The summed E-state index contributed by atoms with van der Waals surface area (Å²) < 4.78 is 60.1. The van der Waals surface area contributed by atoms with Crippen molar-refractivity contribution >= 4 is 29.9 Å². The van der Waals surface area contributed by atoms with Crippen LogP contribution >= 0.6 is 9.03 Å². The van der Waals surface area contributed by atoms with Crippen LogP contribution in [0.1, 0.15) is 0 Å². The third kappa shape index (κ3) is 2.63. The Morgan fingerprint density at radius 1 is 1.00 bits per heavy atom. The summed E-state index contributed by atoms with van der Waals surface area (Å²) in [6.45, 7) is 0. The Kier molecular flexibility index (Phi) is 2.44. The molecule has 0 aromatic rings. The molecule has 0 saturated heterocycles. The fraction of sp³-hybridized carbons (Fsp3) is 0. The van der Waals surface area contributed by atoms with Crippen molar-refractivity contribution in [3.8, 4) is 0 Å². The van der Waals surface area contributed by atoms with E-state index in [-0.39, 0.29) is 0 Å². The smallest absolute Gasteiger partial charge is 0.131 e. The summed E-state index contributed by atoms with van der Waals surface area (Å²) in [6.07, 6.45) is 0. The molecule has 0 rings (SSSR count). The fourth-order valence-electron chi connectivity index (χ4n) is 0.106. The van der Waals surface area contributed by atoms with Crippen molar-refractivity contribution in [3.63, 3.8) is 0 Å². The number of hydrogen-bond acceptors (Lipinski definition) is 4. The Bertz CT molecular complexity index is 303. The van der Waals surface area contributed by atoms with Gasteiger partial charge in [-0.25, -0.2) is 0 Å². The van der Waals surface area contributed by atoms with E-state index in [4.69, 9.17) is 0 Å². The van der Waals surface area contributed by atoms with Crippen molar-refractivity contribution in [1.82, 2.24) is 0 Å². The number of hydrogen-bond donors (Lipinski definition) is 0. The second-order valence-corrected chi connectivity index (χ2v) is 4.79. The molecule has 0 unspecified atom stereocenters. The first-order valence-electron chi connectivity index (χ1n) is 1.56. The maximum atomic E-state index is 11.5. The predicted molar refractivity (Wildman–Crippen MR) is 28.6 cm³/mol. The summed E-state index contributed by atoms with van der Waals surface area (Å²) >= 11 is 0. The van der Waals surface area contributed by atoms with E-state index in [1.54, 1.807) is 9.03 Å². The van der Waals surface area contributed by atoms with Crippen LogP contribution in [0.3, 0.4) is 0 Å². The molecule has 0 amide bonds. The molecule has 5 nitrogen and oxygen atoms in total. The predicted octanol–water partition coefficient (Wildman–Crippen LogP) is -0.246. The minimum Gasteiger partial charge on any atom is -0.131 e. The van der Waals surface area contributed by atoms with E-state index in [1.807, 2.05) is 0 Å². The number of rotatable bonds is 2. The zero-order chi connectivity index (χ0) is 8.58. The van der Waals surface area contributed by atoms with E-state index in [9.17, 15) is 24.6 Å². The highest BCUT2D eigenvalue weighted by molar-refractivity contribution is 7.93. The third-order valence-electron chi connectivity index (χ3n) is 0.396. The molecule has 10 heteroatoms. The average molecular weight is 212 g/mol. The van der Waals surface area contributed by atoms with E-state index in [2.05, 4.69) is 0 Å². The number of halogens is 2. The second kappa shape index (κ2) is 2.48. The molecule has 0 bridgehead atoms. The average Bonchev–Trinajstić information content (AvgIpc) is 1.59. The van der Waals surface area contributed by atoms with E-state index in [0.29, 0.717) is 0 Å². The molecular formula is HF2NO4PS2+. The van der Waals surface area contributed by atoms with E-state index in [1.165, 1.54) is 0 Å². The molecule has 0 heterocycles. The molecule has 0 aromatic carbocycles. The maximum absolute atomic E-state index is 11.5. The Morgan fingerprint density at radius 2 is 1.20 bits per heavy atom. The topological polar surface area (TPSA) is 71.3 Å². The lowest BCUT2D eigenvalue weighted by molar-refractivity contribution is -0.161. The monoisotopic (exact) mass is 212 g/mol. The molecule has 0 saturated carbocycles. The van der Waals surface area contributed by atoms with Gasteiger partial charge >= 0.3 is 20.8 Å². The van der Waals surface area contributed by atoms with Crippen LogP contribution in [0.25, 0.3) is 0 Å². The highest BCUT2D eigenvalue weighted by Crippen LogP contribution is 2.05. The molecule has 0 aromatic heterocycles. The summed E-state index contributed by atoms with van der Waals surface area (Å²) in [5.41, 5.74) is 0. The summed E-state index contributed by atoms with van der Waals surface area (Å²) in [5, 5.41) is 0. The second-order valence-electron chi connectivity index (χ2n) is 1.08. The van der Waals surface area contributed by atoms with Crippen molar-refractivity contribution < 1.29 is 27.7 Å². The van der Waals surface area contributed by atoms with Crippen LogP contribution in [0.4, 0.5) is 7.77 Å². The van der Waals surface area contributed by atoms with Gasteiger partial charge in [-0.1, -0.05) is 0 Å². The summed E-state index contributed by atoms with van der Waals surface area (Å²) in [7, 11) is -9.48. The van der Waals surface area contributed by atoms with Gasteiger partial charge in [0.1, 0.15) is 0 Å². The molecule has 0 atom stereocenters. The van der Waals surface area contributed by atoms with Gasteiger partial charge in [0.25, 0.3) is 0 Å². The molecule has 0 N–H and O–H groups in total.